The molecule has 1 aliphatic rings. The minimum Gasteiger partial charge on any atom is -0.508 e. The van der Waals surface area contributed by atoms with Crippen molar-refractivity contribution in [2.24, 2.45) is 0 Å². The first-order valence-electron chi connectivity index (χ1n) is 8.19. The maximum atomic E-state index is 13.1. The summed E-state index contributed by atoms with van der Waals surface area (Å²) < 4.78 is 39.4. The van der Waals surface area contributed by atoms with Crippen molar-refractivity contribution in [1.82, 2.24) is 9.97 Å². The average molecular weight is 352 g/mol. The van der Waals surface area contributed by atoms with Gasteiger partial charge < -0.3 is 15.7 Å². The number of aromatic hydroxyl groups is 1. The molecule has 0 bridgehead atoms. The van der Waals surface area contributed by atoms with E-state index in [1.807, 2.05) is 0 Å². The van der Waals surface area contributed by atoms with Crippen LogP contribution >= 0.6 is 0 Å². The highest BCUT2D eigenvalue weighted by Gasteiger charge is 2.34. The van der Waals surface area contributed by atoms with E-state index < -0.39 is 11.9 Å². The van der Waals surface area contributed by atoms with Crippen molar-refractivity contribution in [3.63, 3.8) is 0 Å². The SMILES string of the molecule is Oc1ccc(Nc2cc(C(F)(F)F)nc(NC3CCCCC3)n2)cc1. The van der Waals surface area contributed by atoms with Gasteiger partial charge in [-0.05, 0) is 37.1 Å². The van der Waals surface area contributed by atoms with E-state index >= 15 is 0 Å². The van der Waals surface area contributed by atoms with Crippen LogP contribution in [-0.4, -0.2) is 21.1 Å². The highest BCUT2D eigenvalue weighted by atomic mass is 19.4. The Morgan fingerprint density at radius 3 is 2.32 bits per heavy atom. The molecule has 1 aromatic carbocycles. The fourth-order valence-corrected chi connectivity index (χ4v) is 2.84. The van der Waals surface area contributed by atoms with Gasteiger partial charge >= 0.3 is 6.18 Å². The van der Waals surface area contributed by atoms with Gasteiger partial charge in [0.2, 0.25) is 5.95 Å². The third-order valence-corrected chi connectivity index (χ3v) is 4.09. The number of hydrogen-bond donors (Lipinski definition) is 3. The molecule has 1 fully saturated rings. The molecule has 1 saturated carbocycles. The molecule has 1 aliphatic carbocycles. The van der Waals surface area contributed by atoms with Crippen molar-refractivity contribution in [2.45, 2.75) is 44.3 Å². The molecule has 0 radical (unpaired) electrons. The summed E-state index contributed by atoms with van der Waals surface area (Å²) in [7, 11) is 0. The predicted octanol–water partition coefficient (Wildman–Crippen LogP) is 4.69. The van der Waals surface area contributed by atoms with E-state index in [4.69, 9.17) is 0 Å². The third-order valence-electron chi connectivity index (χ3n) is 4.09. The fraction of sp³-hybridized carbons (Fsp3) is 0.412. The lowest BCUT2D eigenvalue weighted by molar-refractivity contribution is -0.141. The number of anilines is 3. The normalized spacial score (nSPS) is 15.8. The molecule has 1 heterocycles. The summed E-state index contributed by atoms with van der Waals surface area (Å²) in [5, 5.41) is 15.1. The minimum atomic E-state index is -4.56. The molecule has 0 unspecified atom stereocenters. The first kappa shape index (κ1) is 17.3. The molecule has 5 nitrogen and oxygen atoms in total. The van der Waals surface area contributed by atoms with Crippen molar-refractivity contribution >= 4 is 17.5 Å². The van der Waals surface area contributed by atoms with Gasteiger partial charge in [0.15, 0.2) is 5.69 Å². The van der Waals surface area contributed by atoms with Crippen LogP contribution in [0.2, 0.25) is 0 Å². The number of nitrogens with zero attached hydrogens (tertiary/aromatic N) is 2. The first-order valence-corrected chi connectivity index (χ1v) is 8.19. The molecular weight excluding hydrogens is 333 g/mol. The number of hydrogen-bond acceptors (Lipinski definition) is 5. The molecule has 0 amide bonds. The van der Waals surface area contributed by atoms with Crippen LogP contribution in [0.5, 0.6) is 5.75 Å². The summed E-state index contributed by atoms with van der Waals surface area (Å²) in [6.45, 7) is 0. The largest absolute Gasteiger partial charge is 0.508 e. The van der Waals surface area contributed by atoms with Crippen molar-refractivity contribution in [3.8, 4) is 5.75 Å². The summed E-state index contributed by atoms with van der Waals surface area (Å²) in [5.41, 5.74) is -0.477. The van der Waals surface area contributed by atoms with Crippen LogP contribution in [0.25, 0.3) is 0 Å². The summed E-state index contributed by atoms with van der Waals surface area (Å²) in [4.78, 5) is 7.79. The van der Waals surface area contributed by atoms with Crippen LogP contribution in [0, 0.1) is 0 Å². The lowest BCUT2D eigenvalue weighted by Crippen LogP contribution is -2.24. The number of alkyl halides is 3. The highest BCUT2D eigenvalue weighted by molar-refractivity contribution is 5.58. The van der Waals surface area contributed by atoms with Gasteiger partial charge in [0.25, 0.3) is 0 Å². The molecule has 134 valence electrons. The molecule has 0 saturated heterocycles. The summed E-state index contributed by atoms with van der Waals surface area (Å²) in [5.74, 6) is 0.0956. The Morgan fingerprint density at radius 2 is 1.68 bits per heavy atom. The summed E-state index contributed by atoms with van der Waals surface area (Å²) >= 11 is 0. The molecule has 3 N–H and O–H groups in total. The smallest absolute Gasteiger partial charge is 0.433 e. The van der Waals surface area contributed by atoms with Crippen LogP contribution in [0.1, 0.15) is 37.8 Å². The highest BCUT2D eigenvalue weighted by Crippen LogP contribution is 2.31. The molecule has 0 atom stereocenters. The second kappa shape index (κ2) is 7.16. The molecule has 0 aliphatic heterocycles. The number of aromatic nitrogens is 2. The topological polar surface area (TPSA) is 70.1 Å². The molecular formula is C17H19F3N4O. The Hall–Kier alpha value is -2.51. The summed E-state index contributed by atoms with van der Waals surface area (Å²) in [6.07, 6.45) is 0.498. The van der Waals surface area contributed by atoms with Crippen molar-refractivity contribution in [3.05, 3.63) is 36.0 Å². The van der Waals surface area contributed by atoms with Gasteiger partial charge in [-0.15, -0.1) is 0 Å². The third kappa shape index (κ3) is 4.74. The molecule has 1 aromatic heterocycles. The van der Waals surface area contributed by atoms with Crippen LogP contribution in [0.15, 0.2) is 30.3 Å². The molecule has 3 rings (SSSR count). The Morgan fingerprint density at radius 1 is 1.00 bits per heavy atom. The van der Waals surface area contributed by atoms with Gasteiger partial charge in [0.1, 0.15) is 11.6 Å². The van der Waals surface area contributed by atoms with Crippen LogP contribution in [0.4, 0.5) is 30.6 Å². The Balaban J connectivity index is 1.85. The van der Waals surface area contributed by atoms with Gasteiger partial charge in [0.05, 0.1) is 0 Å². The maximum absolute atomic E-state index is 13.1. The number of rotatable bonds is 4. The Labute approximate surface area is 143 Å². The maximum Gasteiger partial charge on any atom is 0.433 e. The number of phenolic OH excluding ortho intramolecular Hbond substituents is 1. The second-order valence-corrected chi connectivity index (χ2v) is 6.11. The van der Waals surface area contributed by atoms with Gasteiger partial charge in [-0.25, -0.2) is 4.98 Å². The van der Waals surface area contributed by atoms with Crippen molar-refractivity contribution < 1.29 is 18.3 Å². The number of halogens is 3. The van der Waals surface area contributed by atoms with Crippen molar-refractivity contribution in [2.75, 3.05) is 10.6 Å². The molecule has 8 heteroatoms. The lowest BCUT2D eigenvalue weighted by atomic mass is 9.96. The number of nitrogens with one attached hydrogen (secondary N) is 2. The summed E-state index contributed by atoms with van der Waals surface area (Å²) in [6, 6.07) is 6.96. The minimum absolute atomic E-state index is 0.0250. The number of phenols is 1. The standard InChI is InChI=1S/C17H19F3N4O/c18-17(19,20)14-10-15(21-12-6-8-13(25)9-7-12)24-16(23-14)22-11-4-2-1-3-5-11/h6-11,25H,1-5H2,(H2,21,22,23,24). The van der Waals surface area contributed by atoms with Crippen LogP contribution in [-0.2, 0) is 6.18 Å². The fourth-order valence-electron chi connectivity index (χ4n) is 2.84. The zero-order chi connectivity index (χ0) is 17.9. The van der Waals surface area contributed by atoms with Gasteiger partial charge in [-0.2, -0.15) is 18.2 Å². The Bertz CT molecular complexity index is 713. The number of benzene rings is 1. The van der Waals surface area contributed by atoms with Gasteiger partial charge in [-0.3, -0.25) is 0 Å². The quantitative estimate of drug-likeness (QED) is 0.697. The molecule has 0 spiro atoms. The average Bonchev–Trinajstić information content (AvgIpc) is 2.57. The second-order valence-electron chi connectivity index (χ2n) is 6.11. The van der Waals surface area contributed by atoms with E-state index in [2.05, 4.69) is 20.6 Å². The predicted molar refractivity (Wildman–Crippen MR) is 88.9 cm³/mol. The van der Waals surface area contributed by atoms with Gasteiger partial charge in [0, 0.05) is 17.8 Å². The van der Waals surface area contributed by atoms with Crippen LogP contribution < -0.4 is 10.6 Å². The lowest BCUT2D eigenvalue weighted by Gasteiger charge is -2.23. The van der Waals surface area contributed by atoms with E-state index in [9.17, 15) is 18.3 Å². The molecule has 25 heavy (non-hydrogen) atoms. The zero-order valence-electron chi connectivity index (χ0n) is 13.5. The van der Waals surface area contributed by atoms with Gasteiger partial charge in [-0.1, -0.05) is 19.3 Å². The van der Waals surface area contributed by atoms with Crippen LogP contribution in [0.3, 0.4) is 0 Å². The van der Waals surface area contributed by atoms with E-state index in [1.165, 1.54) is 12.1 Å². The first-order chi connectivity index (χ1) is 11.9. The van der Waals surface area contributed by atoms with E-state index in [1.54, 1.807) is 12.1 Å². The monoisotopic (exact) mass is 352 g/mol. The van der Waals surface area contributed by atoms with E-state index in [-0.39, 0.29) is 23.6 Å². The van der Waals surface area contributed by atoms with Crippen molar-refractivity contribution in [1.29, 1.82) is 0 Å². The molecule has 2 aromatic rings. The van der Waals surface area contributed by atoms with E-state index in [0.29, 0.717) is 5.69 Å². The zero-order valence-corrected chi connectivity index (χ0v) is 13.5. The Kier molecular flexibility index (Phi) is 4.96. The van der Waals surface area contributed by atoms with E-state index in [0.717, 1.165) is 38.2 Å².